The van der Waals surface area contributed by atoms with Gasteiger partial charge in [0.2, 0.25) is 0 Å². The van der Waals surface area contributed by atoms with Crippen molar-refractivity contribution in [1.29, 1.82) is 0 Å². The van der Waals surface area contributed by atoms with Crippen LogP contribution in [0.3, 0.4) is 0 Å². The number of benzene rings is 2. The largest absolute Gasteiger partial charge is 0.301 e. The predicted octanol–water partition coefficient (Wildman–Crippen LogP) is 4.05. The maximum absolute atomic E-state index is 13.5. The number of rotatable bonds is 6. The Morgan fingerprint density at radius 3 is 2.42 bits per heavy atom. The van der Waals surface area contributed by atoms with Crippen LogP contribution in [0, 0.1) is 5.82 Å². The zero-order valence-corrected chi connectivity index (χ0v) is 11.9. The summed E-state index contributed by atoms with van der Waals surface area (Å²) in [6.45, 7) is 1.59. The molecule has 0 bridgehead atoms. The molecular weight excluding hydrogens is 257 g/mol. The van der Waals surface area contributed by atoms with Crippen molar-refractivity contribution in [1.82, 2.24) is 4.90 Å². The standard InChI is InChI=1S/C16H18FNS/c1-18(13-14-7-5-6-10-16(14)17)11-12-19-15-8-3-2-4-9-15/h2-10H,11-13H2,1H3. The highest BCUT2D eigenvalue weighted by Gasteiger charge is 2.04. The Labute approximate surface area is 118 Å². The van der Waals surface area contributed by atoms with Crippen LogP contribution < -0.4 is 0 Å². The molecule has 2 aromatic rings. The summed E-state index contributed by atoms with van der Waals surface area (Å²) >= 11 is 1.83. The molecule has 0 aliphatic carbocycles. The second kappa shape index (κ2) is 7.31. The highest BCUT2D eigenvalue weighted by molar-refractivity contribution is 7.99. The fourth-order valence-electron chi connectivity index (χ4n) is 1.83. The van der Waals surface area contributed by atoms with Gasteiger partial charge >= 0.3 is 0 Å². The lowest BCUT2D eigenvalue weighted by Gasteiger charge is -2.16. The van der Waals surface area contributed by atoms with Crippen LogP contribution in [0.25, 0.3) is 0 Å². The van der Waals surface area contributed by atoms with Crippen molar-refractivity contribution in [2.24, 2.45) is 0 Å². The van der Waals surface area contributed by atoms with E-state index in [9.17, 15) is 4.39 Å². The molecule has 0 N–H and O–H groups in total. The molecule has 3 heteroatoms. The first-order valence-electron chi connectivity index (χ1n) is 6.35. The van der Waals surface area contributed by atoms with E-state index >= 15 is 0 Å². The molecule has 0 saturated carbocycles. The number of thioether (sulfide) groups is 1. The van der Waals surface area contributed by atoms with Gasteiger partial charge < -0.3 is 4.90 Å². The van der Waals surface area contributed by atoms with Crippen molar-refractivity contribution in [3.63, 3.8) is 0 Å². The third kappa shape index (κ3) is 4.69. The lowest BCUT2D eigenvalue weighted by atomic mass is 10.2. The molecule has 0 saturated heterocycles. The SMILES string of the molecule is CN(CCSc1ccccc1)Cc1ccccc1F. The van der Waals surface area contributed by atoms with E-state index in [2.05, 4.69) is 17.0 Å². The molecule has 0 unspecified atom stereocenters. The third-order valence-corrected chi connectivity index (χ3v) is 3.88. The maximum Gasteiger partial charge on any atom is 0.127 e. The van der Waals surface area contributed by atoms with E-state index in [0.29, 0.717) is 6.54 Å². The van der Waals surface area contributed by atoms with Gasteiger partial charge in [-0.15, -0.1) is 11.8 Å². The van der Waals surface area contributed by atoms with Crippen LogP contribution in [-0.2, 0) is 6.54 Å². The van der Waals surface area contributed by atoms with Crippen LogP contribution in [0.1, 0.15) is 5.56 Å². The molecule has 2 aromatic carbocycles. The number of halogens is 1. The molecule has 0 fully saturated rings. The molecule has 0 spiro atoms. The Morgan fingerprint density at radius 2 is 1.68 bits per heavy atom. The van der Waals surface area contributed by atoms with Gasteiger partial charge in [0.05, 0.1) is 0 Å². The minimum Gasteiger partial charge on any atom is -0.301 e. The Bertz CT molecular complexity index is 501. The van der Waals surface area contributed by atoms with Crippen molar-refractivity contribution < 1.29 is 4.39 Å². The lowest BCUT2D eigenvalue weighted by molar-refractivity contribution is 0.342. The smallest absolute Gasteiger partial charge is 0.127 e. The summed E-state index contributed by atoms with van der Waals surface area (Å²) in [4.78, 5) is 3.43. The average molecular weight is 275 g/mol. The Kier molecular flexibility index (Phi) is 5.43. The van der Waals surface area contributed by atoms with E-state index in [1.54, 1.807) is 6.07 Å². The van der Waals surface area contributed by atoms with E-state index in [-0.39, 0.29) is 5.82 Å². The van der Waals surface area contributed by atoms with Crippen LogP contribution in [0.15, 0.2) is 59.5 Å². The van der Waals surface area contributed by atoms with Crippen molar-refractivity contribution in [3.8, 4) is 0 Å². The normalized spacial score (nSPS) is 10.9. The Balaban J connectivity index is 1.76. The Hall–Kier alpha value is -1.32. The number of nitrogens with zero attached hydrogens (tertiary/aromatic N) is 1. The molecule has 0 atom stereocenters. The zero-order valence-electron chi connectivity index (χ0n) is 11.1. The molecule has 100 valence electrons. The van der Waals surface area contributed by atoms with E-state index in [4.69, 9.17) is 0 Å². The quantitative estimate of drug-likeness (QED) is 0.732. The van der Waals surface area contributed by atoms with Gasteiger partial charge in [0.1, 0.15) is 5.82 Å². The Morgan fingerprint density at radius 1 is 1.00 bits per heavy atom. The van der Waals surface area contributed by atoms with E-state index < -0.39 is 0 Å². The minimum atomic E-state index is -0.120. The van der Waals surface area contributed by atoms with Crippen molar-refractivity contribution in [2.75, 3.05) is 19.3 Å². The highest BCUT2D eigenvalue weighted by atomic mass is 32.2. The van der Waals surface area contributed by atoms with Crippen molar-refractivity contribution in [2.45, 2.75) is 11.4 Å². The topological polar surface area (TPSA) is 3.24 Å². The highest BCUT2D eigenvalue weighted by Crippen LogP contribution is 2.17. The predicted molar refractivity (Wildman–Crippen MR) is 79.9 cm³/mol. The summed E-state index contributed by atoms with van der Waals surface area (Å²) < 4.78 is 13.5. The molecule has 2 rings (SSSR count). The van der Waals surface area contributed by atoms with Crippen LogP contribution in [0.5, 0.6) is 0 Å². The molecule has 1 nitrogen and oxygen atoms in total. The van der Waals surface area contributed by atoms with Gasteiger partial charge in [0, 0.05) is 29.3 Å². The average Bonchev–Trinajstić information content (AvgIpc) is 2.43. The summed E-state index contributed by atoms with van der Waals surface area (Å²) in [5.74, 6) is 0.889. The number of hydrogen-bond acceptors (Lipinski definition) is 2. The first kappa shape index (κ1) is 14.1. The first-order chi connectivity index (χ1) is 9.25. The van der Waals surface area contributed by atoms with Crippen molar-refractivity contribution >= 4 is 11.8 Å². The summed E-state index contributed by atoms with van der Waals surface area (Å²) in [6.07, 6.45) is 0. The van der Waals surface area contributed by atoms with Gasteiger partial charge in [-0.25, -0.2) is 4.39 Å². The third-order valence-electron chi connectivity index (χ3n) is 2.88. The van der Waals surface area contributed by atoms with E-state index in [1.807, 2.05) is 49.1 Å². The molecule has 19 heavy (non-hydrogen) atoms. The second-order valence-electron chi connectivity index (χ2n) is 4.49. The summed E-state index contributed by atoms with van der Waals surface area (Å²) in [7, 11) is 2.03. The zero-order chi connectivity index (χ0) is 13.5. The van der Waals surface area contributed by atoms with Gasteiger partial charge in [0.15, 0.2) is 0 Å². The van der Waals surface area contributed by atoms with Crippen LogP contribution in [0.2, 0.25) is 0 Å². The monoisotopic (exact) mass is 275 g/mol. The van der Waals surface area contributed by atoms with Gasteiger partial charge in [-0.3, -0.25) is 0 Å². The maximum atomic E-state index is 13.5. The molecule has 0 radical (unpaired) electrons. The fourth-order valence-corrected chi connectivity index (χ4v) is 2.82. The van der Waals surface area contributed by atoms with Gasteiger partial charge in [-0.05, 0) is 25.2 Å². The van der Waals surface area contributed by atoms with Gasteiger partial charge in [0.25, 0.3) is 0 Å². The summed E-state index contributed by atoms with van der Waals surface area (Å²) in [5.41, 5.74) is 0.759. The molecule has 0 aliphatic heterocycles. The summed E-state index contributed by atoms with van der Waals surface area (Å²) in [5, 5.41) is 0. The molecular formula is C16H18FNS. The van der Waals surface area contributed by atoms with E-state index in [0.717, 1.165) is 17.9 Å². The molecule has 0 aliphatic rings. The fraction of sp³-hybridized carbons (Fsp3) is 0.250. The lowest BCUT2D eigenvalue weighted by Crippen LogP contribution is -2.21. The molecule has 0 aromatic heterocycles. The minimum absolute atomic E-state index is 0.120. The van der Waals surface area contributed by atoms with Gasteiger partial charge in [-0.1, -0.05) is 36.4 Å². The molecule has 0 heterocycles. The van der Waals surface area contributed by atoms with Crippen LogP contribution in [-0.4, -0.2) is 24.2 Å². The van der Waals surface area contributed by atoms with Gasteiger partial charge in [-0.2, -0.15) is 0 Å². The van der Waals surface area contributed by atoms with Crippen LogP contribution in [0.4, 0.5) is 4.39 Å². The summed E-state index contributed by atoms with van der Waals surface area (Å²) in [6, 6.07) is 17.3. The number of hydrogen-bond donors (Lipinski definition) is 0. The van der Waals surface area contributed by atoms with E-state index in [1.165, 1.54) is 11.0 Å². The molecule has 0 amide bonds. The second-order valence-corrected chi connectivity index (χ2v) is 5.66. The first-order valence-corrected chi connectivity index (χ1v) is 7.34. The van der Waals surface area contributed by atoms with Crippen LogP contribution >= 0.6 is 11.8 Å². The van der Waals surface area contributed by atoms with Crippen molar-refractivity contribution in [3.05, 3.63) is 66.0 Å².